The van der Waals surface area contributed by atoms with Gasteiger partial charge in [-0.05, 0) is 25.2 Å². The molecule has 0 aromatic heterocycles. The Morgan fingerprint density at radius 3 is 2.64 bits per heavy atom. The van der Waals surface area contributed by atoms with E-state index in [4.69, 9.17) is 5.26 Å². The number of hydrogen-bond donors (Lipinski definition) is 1. The third-order valence-corrected chi connectivity index (χ3v) is 2.58. The average molecular weight is 152 g/mol. The van der Waals surface area contributed by atoms with Crippen LogP contribution in [0.1, 0.15) is 33.6 Å². The molecule has 1 aliphatic rings. The fraction of sp³-hybridized carbons (Fsp3) is 0.889. The zero-order chi connectivity index (χ0) is 8.48. The van der Waals surface area contributed by atoms with Crippen molar-refractivity contribution in [2.75, 3.05) is 0 Å². The van der Waals surface area contributed by atoms with Gasteiger partial charge in [-0.1, -0.05) is 13.8 Å². The van der Waals surface area contributed by atoms with Crippen LogP contribution in [0.5, 0.6) is 0 Å². The van der Waals surface area contributed by atoms with Gasteiger partial charge >= 0.3 is 0 Å². The first-order valence-electron chi connectivity index (χ1n) is 4.22. The van der Waals surface area contributed by atoms with Crippen molar-refractivity contribution in [2.45, 2.75) is 45.7 Å². The molecule has 0 radical (unpaired) electrons. The zero-order valence-electron chi connectivity index (χ0n) is 7.52. The molecule has 2 heteroatoms. The lowest BCUT2D eigenvalue weighted by Crippen LogP contribution is -2.49. The van der Waals surface area contributed by atoms with Crippen LogP contribution in [0.2, 0.25) is 0 Å². The fourth-order valence-corrected chi connectivity index (χ4v) is 1.54. The van der Waals surface area contributed by atoms with Crippen LogP contribution in [0.15, 0.2) is 0 Å². The molecule has 2 unspecified atom stereocenters. The lowest BCUT2D eigenvalue weighted by atomic mass is 9.76. The first-order chi connectivity index (χ1) is 5.06. The van der Waals surface area contributed by atoms with Crippen LogP contribution < -0.4 is 5.32 Å². The Bertz CT molecular complexity index is 178. The first kappa shape index (κ1) is 8.55. The molecule has 0 aromatic rings. The predicted molar refractivity (Wildman–Crippen MR) is 45.0 cm³/mol. The predicted octanol–water partition coefficient (Wildman–Crippen LogP) is 1.68. The van der Waals surface area contributed by atoms with Crippen LogP contribution in [0, 0.1) is 16.7 Å². The molecule has 1 saturated heterocycles. The van der Waals surface area contributed by atoms with Gasteiger partial charge in [-0.2, -0.15) is 5.26 Å². The Morgan fingerprint density at radius 2 is 2.18 bits per heavy atom. The first-order valence-corrected chi connectivity index (χ1v) is 4.22. The van der Waals surface area contributed by atoms with Crippen LogP contribution in [0.3, 0.4) is 0 Å². The second kappa shape index (κ2) is 2.83. The minimum Gasteiger partial charge on any atom is -0.299 e. The standard InChI is InChI=1S/C9H16N2/c1-7-4-5-9(2,3)8(6-10)11-7/h7-8,11H,4-5H2,1-3H3. The van der Waals surface area contributed by atoms with E-state index in [1.807, 2.05) is 0 Å². The van der Waals surface area contributed by atoms with E-state index in [1.165, 1.54) is 6.42 Å². The van der Waals surface area contributed by atoms with Crippen LogP contribution >= 0.6 is 0 Å². The molecule has 0 aromatic carbocycles. The van der Waals surface area contributed by atoms with Crippen molar-refractivity contribution >= 4 is 0 Å². The third-order valence-electron chi connectivity index (χ3n) is 2.58. The van der Waals surface area contributed by atoms with Crippen molar-refractivity contribution in [2.24, 2.45) is 5.41 Å². The molecule has 1 N–H and O–H groups in total. The molecule has 1 heterocycles. The highest BCUT2D eigenvalue weighted by molar-refractivity contribution is 5.03. The molecule has 0 amide bonds. The lowest BCUT2D eigenvalue weighted by molar-refractivity contribution is 0.187. The highest BCUT2D eigenvalue weighted by Gasteiger charge is 2.34. The van der Waals surface area contributed by atoms with Crippen molar-refractivity contribution < 1.29 is 0 Å². The summed E-state index contributed by atoms with van der Waals surface area (Å²) in [6.45, 7) is 6.44. The van der Waals surface area contributed by atoms with Crippen molar-refractivity contribution in [3.05, 3.63) is 0 Å². The van der Waals surface area contributed by atoms with Crippen molar-refractivity contribution in [1.29, 1.82) is 5.26 Å². The Labute approximate surface area is 68.6 Å². The topological polar surface area (TPSA) is 35.8 Å². The summed E-state index contributed by atoms with van der Waals surface area (Å²) in [6.07, 6.45) is 2.34. The van der Waals surface area contributed by atoms with E-state index in [0.717, 1.165) is 6.42 Å². The molecule has 1 fully saturated rings. The Morgan fingerprint density at radius 1 is 1.55 bits per heavy atom. The molecule has 1 aliphatic heterocycles. The number of nitrogens with one attached hydrogen (secondary N) is 1. The molecule has 0 bridgehead atoms. The van der Waals surface area contributed by atoms with Gasteiger partial charge in [-0.25, -0.2) is 0 Å². The summed E-state index contributed by atoms with van der Waals surface area (Å²) in [5.74, 6) is 0. The van der Waals surface area contributed by atoms with Gasteiger partial charge in [0.15, 0.2) is 0 Å². The summed E-state index contributed by atoms with van der Waals surface area (Å²) in [5.41, 5.74) is 0.154. The normalized spacial score (nSPS) is 36.2. The SMILES string of the molecule is CC1CCC(C)(C)C(C#N)N1. The highest BCUT2D eigenvalue weighted by Crippen LogP contribution is 2.31. The van der Waals surface area contributed by atoms with Gasteiger partial charge in [0.2, 0.25) is 0 Å². The molecule has 0 aliphatic carbocycles. The molecular formula is C9H16N2. The van der Waals surface area contributed by atoms with Gasteiger partial charge < -0.3 is 0 Å². The summed E-state index contributed by atoms with van der Waals surface area (Å²) in [7, 11) is 0. The number of piperidine rings is 1. The van der Waals surface area contributed by atoms with Gasteiger partial charge in [0.25, 0.3) is 0 Å². The second-order valence-corrected chi connectivity index (χ2v) is 4.16. The summed E-state index contributed by atoms with van der Waals surface area (Å²) < 4.78 is 0. The van der Waals surface area contributed by atoms with E-state index in [2.05, 4.69) is 32.2 Å². The molecular weight excluding hydrogens is 136 g/mol. The smallest absolute Gasteiger partial charge is 0.101 e. The van der Waals surface area contributed by atoms with E-state index in [9.17, 15) is 0 Å². The number of rotatable bonds is 0. The number of hydrogen-bond acceptors (Lipinski definition) is 2. The third kappa shape index (κ3) is 1.72. The quantitative estimate of drug-likeness (QED) is 0.573. The Balaban J connectivity index is 2.65. The average Bonchev–Trinajstić information content (AvgIpc) is 1.94. The molecule has 2 atom stereocenters. The maximum atomic E-state index is 8.83. The summed E-state index contributed by atoms with van der Waals surface area (Å²) in [5, 5.41) is 12.1. The molecule has 1 rings (SSSR count). The van der Waals surface area contributed by atoms with E-state index in [0.29, 0.717) is 6.04 Å². The summed E-state index contributed by atoms with van der Waals surface area (Å²) in [4.78, 5) is 0. The minimum absolute atomic E-state index is 0.0336. The van der Waals surface area contributed by atoms with E-state index in [-0.39, 0.29) is 11.5 Å². The van der Waals surface area contributed by atoms with Gasteiger partial charge in [0.05, 0.1) is 6.07 Å². The van der Waals surface area contributed by atoms with Crippen LogP contribution in [-0.2, 0) is 0 Å². The van der Waals surface area contributed by atoms with Crippen LogP contribution in [-0.4, -0.2) is 12.1 Å². The maximum Gasteiger partial charge on any atom is 0.101 e. The molecule has 11 heavy (non-hydrogen) atoms. The highest BCUT2D eigenvalue weighted by atomic mass is 15.0. The largest absolute Gasteiger partial charge is 0.299 e. The van der Waals surface area contributed by atoms with Gasteiger partial charge in [-0.15, -0.1) is 0 Å². The lowest BCUT2D eigenvalue weighted by Gasteiger charge is -2.38. The maximum absolute atomic E-state index is 8.83. The van der Waals surface area contributed by atoms with E-state index < -0.39 is 0 Å². The molecule has 0 spiro atoms. The van der Waals surface area contributed by atoms with Gasteiger partial charge in [0.1, 0.15) is 6.04 Å². The Hall–Kier alpha value is -0.550. The van der Waals surface area contributed by atoms with Crippen molar-refractivity contribution in [3.8, 4) is 6.07 Å². The molecule has 62 valence electrons. The fourth-order valence-electron chi connectivity index (χ4n) is 1.54. The zero-order valence-corrected chi connectivity index (χ0v) is 7.52. The van der Waals surface area contributed by atoms with Gasteiger partial charge in [0, 0.05) is 6.04 Å². The number of nitriles is 1. The minimum atomic E-state index is 0.0336. The van der Waals surface area contributed by atoms with Crippen molar-refractivity contribution in [1.82, 2.24) is 5.32 Å². The summed E-state index contributed by atoms with van der Waals surface area (Å²) >= 11 is 0. The van der Waals surface area contributed by atoms with E-state index >= 15 is 0 Å². The molecule has 2 nitrogen and oxygen atoms in total. The second-order valence-electron chi connectivity index (χ2n) is 4.16. The van der Waals surface area contributed by atoms with E-state index in [1.54, 1.807) is 0 Å². The van der Waals surface area contributed by atoms with Crippen LogP contribution in [0.25, 0.3) is 0 Å². The molecule has 0 saturated carbocycles. The monoisotopic (exact) mass is 152 g/mol. The van der Waals surface area contributed by atoms with Crippen molar-refractivity contribution in [3.63, 3.8) is 0 Å². The van der Waals surface area contributed by atoms with Gasteiger partial charge in [-0.3, -0.25) is 5.32 Å². The van der Waals surface area contributed by atoms with Crippen LogP contribution in [0.4, 0.5) is 0 Å². The summed E-state index contributed by atoms with van der Waals surface area (Å²) in [6, 6.07) is 2.85. The number of nitrogens with zero attached hydrogens (tertiary/aromatic N) is 1. The Kier molecular flexibility index (Phi) is 2.20.